The number of nitrogens with zero attached hydrogens (tertiary/aromatic N) is 1. The number of anilines is 2. The fourth-order valence-corrected chi connectivity index (χ4v) is 1.59. The van der Waals surface area contributed by atoms with E-state index in [1.165, 1.54) is 0 Å². The largest absolute Gasteiger partial charge is 0.398 e. The van der Waals surface area contributed by atoms with E-state index >= 15 is 0 Å². The second-order valence-electron chi connectivity index (χ2n) is 3.24. The quantitative estimate of drug-likeness (QED) is 0.677. The fraction of sp³-hybridized carbons (Fsp3) is 0.444. The summed E-state index contributed by atoms with van der Waals surface area (Å²) in [5.41, 5.74) is 12.9. The maximum Gasteiger partial charge on any atom is 0.125 e. The predicted octanol–water partition coefficient (Wildman–Crippen LogP) is 1.10. The van der Waals surface area contributed by atoms with Crippen LogP contribution in [0.25, 0.3) is 0 Å². The number of pyridine rings is 1. The Balaban J connectivity index is 2.29. The molecule has 0 spiro atoms. The maximum absolute atomic E-state index is 5.80. The van der Waals surface area contributed by atoms with Gasteiger partial charge >= 0.3 is 0 Å². The van der Waals surface area contributed by atoms with Crippen molar-refractivity contribution in [3.05, 3.63) is 17.8 Å². The van der Waals surface area contributed by atoms with E-state index in [0.29, 0.717) is 11.5 Å². The predicted molar refractivity (Wildman–Crippen MR) is 51.0 cm³/mol. The monoisotopic (exact) mass is 179 g/mol. The van der Waals surface area contributed by atoms with E-state index < -0.39 is 0 Å². The van der Waals surface area contributed by atoms with E-state index in [-0.39, 0.29) is 6.10 Å². The molecule has 1 unspecified atom stereocenters. The van der Waals surface area contributed by atoms with E-state index in [2.05, 4.69) is 4.98 Å². The SMILES string of the molecule is Nc1cc(N)c(C2CCCO2)cn1. The first-order chi connectivity index (χ1) is 6.27. The minimum atomic E-state index is 0.119. The molecule has 0 aliphatic carbocycles. The van der Waals surface area contributed by atoms with Crippen LogP contribution in [-0.2, 0) is 4.74 Å². The Morgan fingerprint density at radius 3 is 2.92 bits per heavy atom. The van der Waals surface area contributed by atoms with Crippen LogP contribution < -0.4 is 11.5 Å². The van der Waals surface area contributed by atoms with Gasteiger partial charge < -0.3 is 16.2 Å². The molecule has 1 aromatic heterocycles. The molecular formula is C9H13N3O. The Kier molecular flexibility index (Phi) is 2.06. The lowest BCUT2D eigenvalue weighted by atomic mass is 10.1. The summed E-state index contributed by atoms with van der Waals surface area (Å²) in [4.78, 5) is 4.00. The zero-order chi connectivity index (χ0) is 9.26. The topological polar surface area (TPSA) is 74.2 Å². The van der Waals surface area contributed by atoms with E-state index in [0.717, 1.165) is 25.0 Å². The lowest BCUT2D eigenvalue weighted by Crippen LogP contribution is -2.03. The summed E-state index contributed by atoms with van der Waals surface area (Å²) in [6.07, 6.45) is 3.94. The van der Waals surface area contributed by atoms with Gasteiger partial charge in [0.2, 0.25) is 0 Å². The van der Waals surface area contributed by atoms with Crippen LogP contribution >= 0.6 is 0 Å². The van der Waals surface area contributed by atoms with Gasteiger partial charge in [0.05, 0.1) is 6.10 Å². The summed E-state index contributed by atoms with van der Waals surface area (Å²) in [7, 11) is 0. The second-order valence-corrected chi connectivity index (χ2v) is 3.24. The van der Waals surface area contributed by atoms with Crippen molar-refractivity contribution in [2.45, 2.75) is 18.9 Å². The smallest absolute Gasteiger partial charge is 0.125 e. The third-order valence-electron chi connectivity index (χ3n) is 2.27. The summed E-state index contributed by atoms with van der Waals surface area (Å²) in [6, 6.07) is 1.68. The highest BCUT2D eigenvalue weighted by atomic mass is 16.5. The lowest BCUT2D eigenvalue weighted by molar-refractivity contribution is 0.112. The van der Waals surface area contributed by atoms with Crippen LogP contribution in [0.2, 0.25) is 0 Å². The molecule has 0 amide bonds. The minimum absolute atomic E-state index is 0.119. The van der Waals surface area contributed by atoms with Crippen molar-refractivity contribution < 1.29 is 4.74 Å². The Labute approximate surface area is 76.9 Å². The molecule has 4 N–H and O–H groups in total. The number of hydrogen-bond acceptors (Lipinski definition) is 4. The molecule has 1 fully saturated rings. The average molecular weight is 179 g/mol. The Bertz CT molecular complexity index is 308. The van der Waals surface area contributed by atoms with Crippen LogP contribution in [0, 0.1) is 0 Å². The number of hydrogen-bond donors (Lipinski definition) is 2. The van der Waals surface area contributed by atoms with E-state index in [1.54, 1.807) is 12.3 Å². The first kappa shape index (κ1) is 8.31. The van der Waals surface area contributed by atoms with Gasteiger partial charge in [0.1, 0.15) is 5.82 Å². The zero-order valence-corrected chi connectivity index (χ0v) is 7.36. The molecule has 4 nitrogen and oxygen atoms in total. The maximum atomic E-state index is 5.80. The lowest BCUT2D eigenvalue weighted by Gasteiger charge is -2.11. The van der Waals surface area contributed by atoms with Crippen LogP contribution in [0.1, 0.15) is 24.5 Å². The third kappa shape index (κ3) is 1.58. The first-order valence-electron chi connectivity index (χ1n) is 4.40. The van der Waals surface area contributed by atoms with Gasteiger partial charge in [-0.1, -0.05) is 0 Å². The molecule has 1 aromatic rings. The van der Waals surface area contributed by atoms with Crippen molar-refractivity contribution in [3.63, 3.8) is 0 Å². The average Bonchev–Trinajstić information content (AvgIpc) is 2.56. The third-order valence-corrected chi connectivity index (χ3v) is 2.27. The molecule has 0 bridgehead atoms. The van der Waals surface area contributed by atoms with Crippen molar-refractivity contribution >= 4 is 11.5 Å². The Morgan fingerprint density at radius 1 is 1.46 bits per heavy atom. The minimum Gasteiger partial charge on any atom is -0.398 e. The number of nitrogen functional groups attached to an aromatic ring is 2. The van der Waals surface area contributed by atoms with E-state index in [1.807, 2.05) is 0 Å². The van der Waals surface area contributed by atoms with Gasteiger partial charge in [-0.3, -0.25) is 0 Å². The van der Waals surface area contributed by atoms with Crippen molar-refractivity contribution in [1.82, 2.24) is 4.98 Å². The molecule has 2 rings (SSSR count). The van der Waals surface area contributed by atoms with Crippen molar-refractivity contribution in [3.8, 4) is 0 Å². The van der Waals surface area contributed by atoms with Gasteiger partial charge in [-0.2, -0.15) is 0 Å². The molecule has 4 heteroatoms. The molecule has 13 heavy (non-hydrogen) atoms. The van der Waals surface area contributed by atoms with Gasteiger partial charge in [-0.25, -0.2) is 4.98 Å². The highest BCUT2D eigenvalue weighted by molar-refractivity contribution is 5.53. The summed E-state index contributed by atoms with van der Waals surface area (Å²) < 4.78 is 5.50. The van der Waals surface area contributed by atoms with Crippen LogP contribution in [0.15, 0.2) is 12.3 Å². The van der Waals surface area contributed by atoms with Crippen LogP contribution in [0.3, 0.4) is 0 Å². The Morgan fingerprint density at radius 2 is 2.31 bits per heavy atom. The van der Waals surface area contributed by atoms with Crippen molar-refractivity contribution in [2.24, 2.45) is 0 Å². The second kappa shape index (κ2) is 3.22. The van der Waals surface area contributed by atoms with Gasteiger partial charge in [0.25, 0.3) is 0 Å². The van der Waals surface area contributed by atoms with Gasteiger partial charge in [0.15, 0.2) is 0 Å². The molecule has 1 aliphatic rings. The van der Waals surface area contributed by atoms with Crippen LogP contribution in [0.4, 0.5) is 11.5 Å². The molecule has 1 aliphatic heterocycles. The number of nitrogens with two attached hydrogens (primary N) is 2. The van der Waals surface area contributed by atoms with E-state index in [4.69, 9.17) is 16.2 Å². The van der Waals surface area contributed by atoms with Gasteiger partial charge in [0, 0.05) is 30.1 Å². The van der Waals surface area contributed by atoms with Crippen LogP contribution in [0.5, 0.6) is 0 Å². The van der Waals surface area contributed by atoms with Gasteiger partial charge in [-0.15, -0.1) is 0 Å². The summed E-state index contributed by atoms with van der Waals surface area (Å²) in [5, 5.41) is 0. The molecule has 0 radical (unpaired) electrons. The van der Waals surface area contributed by atoms with Crippen molar-refractivity contribution in [1.29, 1.82) is 0 Å². The molecular weight excluding hydrogens is 166 g/mol. The Hall–Kier alpha value is -1.29. The standard InChI is InChI=1S/C9H13N3O/c10-7-4-9(11)12-5-6(7)8-2-1-3-13-8/h4-5,8H,1-3H2,(H4,10,11,12). The van der Waals surface area contributed by atoms with Crippen LogP contribution in [-0.4, -0.2) is 11.6 Å². The normalized spacial score (nSPS) is 22.0. The highest BCUT2D eigenvalue weighted by Gasteiger charge is 2.20. The summed E-state index contributed by atoms with van der Waals surface area (Å²) in [6.45, 7) is 0.814. The first-order valence-corrected chi connectivity index (χ1v) is 4.40. The molecule has 0 saturated carbocycles. The molecule has 1 atom stereocenters. The van der Waals surface area contributed by atoms with E-state index in [9.17, 15) is 0 Å². The van der Waals surface area contributed by atoms with Gasteiger partial charge in [-0.05, 0) is 12.8 Å². The summed E-state index contributed by atoms with van der Waals surface area (Å²) in [5.74, 6) is 0.458. The molecule has 0 aromatic carbocycles. The number of aromatic nitrogens is 1. The fourth-order valence-electron chi connectivity index (χ4n) is 1.59. The molecule has 1 saturated heterocycles. The zero-order valence-electron chi connectivity index (χ0n) is 7.36. The number of ether oxygens (including phenoxy) is 1. The molecule has 2 heterocycles. The number of rotatable bonds is 1. The highest BCUT2D eigenvalue weighted by Crippen LogP contribution is 2.31. The van der Waals surface area contributed by atoms with Crippen molar-refractivity contribution in [2.75, 3.05) is 18.1 Å². The summed E-state index contributed by atoms with van der Waals surface area (Å²) >= 11 is 0. The molecule has 70 valence electrons.